The quantitative estimate of drug-likeness (QED) is 0.839. The van der Waals surface area contributed by atoms with Crippen molar-refractivity contribution in [2.75, 3.05) is 20.3 Å². The summed E-state index contributed by atoms with van der Waals surface area (Å²) in [5.74, 6) is -0.0986. The molecule has 23 heavy (non-hydrogen) atoms. The van der Waals surface area contributed by atoms with Crippen LogP contribution in [0.1, 0.15) is 28.9 Å². The highest BCUT2D eigenvalue weighted by molar-refractivity contribution is 5.92. The zero-order valence-corrected chi connectivity index (χ0v) is 13.4. The van der Waals surface area contributed by atoms with Gasteiger partial charge in [0.2, 0.25) is 0 Å². The first-order valence-corrected chi connectivity index (χ1v) is 7.52. The largest absolute Gasteiger partial charge is 0.383 e. The maximum absolute atomic E-state index is 12.2. The van der Waals surface area contributed by atoms with E-state index in [0.717, 1.165) is 5.56 Å². The molecule has 122 valence electrons. The summed E-state index contributed by atoms with van der Waals surface area (Å²) in [7, 11) is 1.55. The number of aromatic nitrogens is 2. The predicted octanol–water partition coefficient (Wildman–Crippen LogP) is 1.42. The number of amides is 1. The standard InChI is InChI=1S/C17H21N3O3/c1-13(14-6-4-3-5-7-14)12-18-17(22)15-8-9-16(21)20(19-15)10-11-23-2/h3-9,13H,10-12H2,1-2H3,(H,18,22)/t13-/m0/s1. The number of hydrogen-bond acceptors (Lipinski definition) is 4. The molecule has 0 spiro atoms. The van der Waals surface area contributed by atoms with Crippen LogP contribution >= 0.6 is 0 Å². The van der Waals surface area contributed by atoms with E-state index in [1.54, 1.807) is 7.11 Å². The van der Waals surface area contributed by atoms with Crippen LogP contribution < -0.4 is 10.9 Å². The van der Waals surface area contributed by atoms with Crippen LogP contribution in [0.2, 0.25) is 0 Å². The number of benzene rings is 1. The van der Waals surface area contributed by atoms with Gasteiger partial charge in [0.15, 0.2) is 0 Å². The topological polar surface area (TPSA) is 73.2 Å². The molecule has 6 heteroatoms. The fourth-order valence-electron chi connectivity index (χ4n) is 2.14. The van der Waals surface area contributed by atoms with Crippen molar-refractivity contribution in [3.8, 4) is 0 Å². The van der Waals surface area contributed by atoms with E-state index >= 15 is 0 Å². The molecule has 1 N–H and O–H groups in total. The molecule has 1 atom stereocenters. The molecular weight excluding hydrogens is 294 g/mol. The van der Waals surface area contributed by atoms with Crippen LogP contribution in [0.15, 0.2) is 47.3 Å². The minimum absolute atomic E-state index is 0.194. The minimum atomic E-state index is -0.293. The van der Waals surface area contributed by atoms with E-state index in [1.165, 1.54) is 16.8 Å². The Morgan fingerprint density at radius 2 is 2.00 bits per heavy atom. The molecule has 0 fully saturated rings. The second kappa shape index (κ2) is 8.24. The Morgan fingerprint density at radius 3 is 2.70 bits per heavy atom. The Labute approximate surface area is 135 Å². The van der Waals surface area contributed by atoms with Crippen LogP contribution in [0.4, 0.5) is 0 Å². The second-order valence-corrected chi connectivity index (χ2v) is 5.29. The number of methoxy groups -OCH3 is 1. The third kappa shape index (κ3) is 4.75. The fraction of sp³-hybridized carbons (Fsp3) is 0.353. The average molecular weight is 315 g/mol. The van der Waals surface area contributed by atoms with Crippen molar-refractivity contribution in [3.05, 3.63) is 64.1 Å². The first-order chi connectivity index (χ1) is 11.1. The van der Waals surface area contributed by atoms with Crippen LogP contribution in [0.25, 0.3) is 0 Å². The number of carbonyl (C=O) groups excluding carboxylic acids is 1. The molecule has 1 aromatic carbocycles. The monoisotopic (exact) mass is 315 g/mol. The Hall–Kier alpha value is -2.47. The van der Waals surface area contributed by atoms with Gasteiger partial charge < -0.3 is 10.1 Å². The van der Waals surface area contributed by atoms with Crippen molar-refractivity contribution in [2.45, 2.75) is 19.4 Å². The van der Waals surface area contributed by atoms with Gasteiger partial charge in [-0.3, -0.25) is 9.59 Å². The number of rotatable bonds is 7. The summed E-state index contributed by atoms with van der Waals surface area (Å²) in [4.78, 5) is 23.9. The van der Waals surface area contributed by atoms with E-state index < -0.39 is 0 Å². The van der Waals surface area contributed by atoms with E-state index in [2.05, 4.69) is 10.4 Å². The van der Waals surface area contributed by atoms with Gasteiger partial charge in [-0.1, -0.05) is 37.3 Å². The lowest BCUT2D eigenvalue weighted by Gasteiger charge is -2.13. The van der Waals surface area contributed by atoms with Crippen LogP contribution in [0, 0.1) is 0 Å². The fourth-order valence-corrected chi connectivity index (χ4v) is 2.14. The number of carbonyl (C=O) groups is 1. The van der Waals surface area contributed by atoms with Gasteiger partial charge in [-0.05, 0) is 17.5 Å². The number of nitrogens with one attached hydrogen (secondary N) is 1. The van der Waals surface area contributed by atoms with Crippen LogP contribution in [-0.2, 0) is 11.3 Å². The molecule has 6 nitrogen and oxygen atoms in total. The minimum Gasteiger partial charge on any atom is -0.383 e. The van der Waals surface area contributed by atoms with Crippen molar-refractivity contribution >= 4 is 5.91 Å². The molecule has 0 aliphatic carbocycles. The molecule has 0 saturated heterocycles. The molecule has 0 bridgehead atoms. The van der Waals surface area contributed by atoms with E-state index in [4.69, 9.17) is 4.74 Å². The van der Waals surface area contributed by atoms with Gasteiger partial charge in [-0.25, -0.2) is 4.68 Å². The molecule has 2 aromatic rings. The normalized spacial score (nSPS) is 11.9. The van der Waals surface area contributed by atoms with Gasteiger partial charge >= 0.3 is 0 Å². The molecule has 2 rings (SSSR count). The smallest absolute Gasteiger partial charge is 0.271 e. The Balaban J connectivity index is 1.99. The van der Waals surface area contributed by atoms with Gasteiger partial charge in [0.1, 0.15) is 5.69 Å². The van der Waals surface area contributed by atoms with E-state index in [9.17, 15) is 9.59 Å². The van der Waals surface area contributed by atoms with E-state index in [0.29, 0.717) is 19.7 Å². The van der Waals surface area contributed by atoms with Gasteiger partial charge in [0.25, 0.3) is 11.5 Å². The first-order valence-electron chi connectivity index (χ1n) is 7.52. The number of ether oxygens (including phenoxy) is 1. The molecule has 1 heterocycles. The average Bonchev–Trinajstić information content (AvgIpc) is 2.59. The lowest BCUT2D eigenvalue weighted by atomic mass is 10.0. The van der Waals surface area contributed by atoms with E-state index in [-0.39, 0.29) is 23.1 Å². The predicted molar refractivity (Wildman–Crippen MR) is 87.6 cm³/mol. The third-order valence-electron chi connectivity index (χ3n) is 3.54. The molecular formula is C17H21N3O3. The van der Waals surface area contributed by atoms with Gasteiger partial charge in [-0.2, -0.15) is 5.10 Å². The van der Waals surface area contributed by atoms with Crippen molar-refractivity contribution in [2.24, 2.45) is 0 Å². The number of nitrogens with zero attached hydrogens (tertiary/aromatic N) is 2. The highest BCUT2D eigenvalue weighted by Gasteiger charge is 2.12. The molecule has 0 aliphatic rings. The molecule has 1 amide bonds. The zero-order valence-electron chi connectivity index (χ0n) is 13.4. The maximum Gasteiger partial charge on any atom is 0.271 e. The zero-order chi connectivity index (χ0) is 16.7. The Morgan fingerprint density at radius 1 is 1.26 bits per heavy atom. The molecule has 0 aliphatic heterocycles. The van der Waals surface area contributed by atoms with Crippen molar-refractivity contribution < 1.29 is 9.53 Å². The summed E-state index contributed by atoms with van der Waals surface area (Å²) in [5, 5.41) is 6.92. The maximum atomic E-state index is 12.2. The molecule has 0 unspecified atom stereocenters. The van der Waals surface area contributed by atoms with Crippen LogP contribution in [0.5, 0.6) is 0 Å². The van der Waals surface area contributed by atoms with Crippen LogP contribution in [0.3, 0.4) is 0 Å². The first kappa shape index (κ1) is 16.9. The third-order valence-corrected chi connectivity index (χ3v) is 3.54. The summed E-state index contributed by atoms with van der Waals surface area (Å²) in [6.45, 7) is 3.23. The van der Waals surface area contributed by atoms with Crippen LogP contribution in [-0.4, -0.2) is 35.9 Å². The summed E-state index contributed by atoms with van der Waals surface area (Å²) in [6.07, 6.45) is 0. The Bertz CT molecular complexity index is 698. The highest BCUT2D eigenvalue weighted by Crippen LogP contribution is 2.13. The summed E-state index contributed by atoms with van der Waals surface area (Å²) in [5.41, 5.74) is 1.13. The van der Waals surface area contributed by atoms with Gasteiger partial charge in [0, 0.05) is 19.7 Å². The van der Waals surface area contributed by atoms with Crippen molar-refractivity contribution in [1.29, 1.82) is 0 Å². The molecule has 0 radical (unpaired) electrons. The molecule has 1 aromatic heterocycles. The second-order valence-electron chi connectivity index (χ2n) is 5.29. The summed E-state index contributed by atoms with van der Waals surface area (Å²) < 4.78 is 6.16. The van der Waals surface area contributed by atoms with Gasteiger partial charge in [-0.15, -0.1) is 0 Å². The van der Waals surface area contributed by atoms with Crippen molar-refractivity contribution in [1.82, 2.24) is 15.1 Å². The van der Waals surface area contributed by atoms with Crippen molar-refractivity contribution in [3.63, 3.8) is 0 Å². The summed E-state index contributed by atoms with van der Waals surface area (Å²) in [6, 6.07) is 12.7. The Kier molecular flexibility index (Phi) is 6.05. The van der Waals surface area contributed by atoms with Gasteiger partial charge in [0.05, 0.1) is 13.2 Å². The lowest BCUT2D eigenvalue weighted by molar-refractivity contribution is 0.0943. The highest BCUT2D eigenvalue weighted by atomic mass is 16.5. The molecule has 0 saturated carbocycles. The SMILES string of the molecule is COCCn1nc(C(=O)NC[C@H](C)c2ccccc2)ccc1=O. The lowest BCUT2D eigenvalue weighted by Crippen LogP contribution is -2.32. The summed E-state index contributed by atoms with van der Waals surface area (Å²) >= 11 is 0. The number of hydrogen-bond donors (Lipinski definition) is 1. The van der Waals surface area contributed by atoms with E-state index in [1.807, 2.05) is 37.3 Å².